The van der Waals surface area contributed by atoms with Crippen molar-refractivity contribution in [2.45, 2.75) is 70.1 Å². The summed E-state index contributed by atoms with van der Waals surface area (Å²) < 4.78 is 11.8. The fourth-order valence-corrected chi connectivity index (χ4v) is 3.43. The summed E-state index contributed by atoms with van der Waals surface area (Å²) in [6.07, 6.45) is 0.555. The van der Waals surface area contributed by atoms with Crippen LogP contribution < -0.4 is 5.73 Å². The summed E-state index contributed by atoms with van der Waals surface area (Å²) in [7, 11) is -0.341. The second-order valence-electron chi connectivity index (χ2n) is 7.66. The Balaban J connectivity index is 1.92. The van der Waals surface area contributed by atoms with Crippen LogP contribution in [0, 0.1) is 5.92 Å². The van der Waals surface area contributed by atoms with Crippen molar-refractivity contribution in [3.8, 4) is 0 Å². The molecule has 2 aliphatic heterocycles. The monoisotopic (exact) mass is 342 g/mol. The van der Waals surface area contributed by atoms with E-state index in [9.17, 15) is 14.7 Å². The number of carboxylic acid groups (broad SMARTS) is 2. The Kier molecular flexibility index (Phi) is 5.18. The number of rotatable bonds is 5. The number of aliphatic carboxylic acids is 1. The molecule has 0 radical (unpaired) electrons. The highest BCUT2D eigenvalue weighted by atomic mass is 16.7. The van der Waals surface area contributed by atoms with Crippen LogP contribution in [0.15, 0.2) is 0 Å². The molecule has 2 rings (SSSR count). The van der Waals surface area contributed by atoms with Gasteiger partial charge in [-0.2, -0.15) is 0 Å². The highest BCUT2D eigenvalue weighted by molar-refractivity contribution is 6.45. The summed E-state index contributed by atoms with van der Waals surface area (Å²) in [6.45, 7) is 7.96. The first-order valence-corrected chi connectivity index (χ1v) is 8.30. The van der Waals surface area contributed by atoms with E-state index in [0.29, 0.717) is 19.2 Å². The molecule has 2 heterocycles. The summed E-state index contributed by atoms with van der Waals surface area (Å²) in [5.74, 6) is -1.55. The highest BCUT2D eigenvalue weighted by Gasteiger charge is 2.51. The zero-order chi connectivity index (χ0) is 18.3. The van der Waals surface area contributed by atoms with E-state index < -0.39 is 41.3 Å². The van der Waals surface area contributed by atoms with Crippen LogP contribution in [0.25, 0.3) is 0 Å². The van der Waals surface area contributed by atoms with Crippen molar-refractivity contribution < 1.29 is 29.1 Å². The number of nitrogens with zero attached hydrogens (tertiary/aromatic N) is 1. The van der Waals surface area contributed by atoms with Gasteiger partial charge in [-0.3, -0.25) is 4.90 Å². The molecule has 8 nitrogen and oxygen atoms in total. The zero-order valence-electron chi connectivity index (χ0n) is 14.7. The number of amides is 1. The second-order valence-corrected chi connectivity index (χ2v) is 7.66. The van der Waals surface area contributed by atoms with E-state index in [1.54, 1.807) is 0 Å². The minimum atomic E-state index is -1.24. The molecule has 0 aromatic rings. The molecule has 0 aromatic carbocycles. The number of likely N-dealkylation sites (tertiary alicyclic amines) is 1. The third-order valence-corrected chi connectivity index (χ3v) is 5.48. The van der Waals surface area contributed by atoms with Crippen molar-refractivity contribution in [3.05, 3.63) is 0 Å². The summed E-state index contributed by atoms with van der Waals surface area (Å²) in [4.78, 5) is 23.6. The van der Waals surface area contributed by atoms with Crippen molar-refractivity contribution in [1.82, 2.24) is 4.90 Å². The molecular formula is C15H27BN2O6. The molecule has 0 spiro atoms. The third-order valence-electron chi connectivity index (χ3n) is 5.48. The first-order valence-electron chi connectivity index (χ1n) is 8.30. The Morgan fingerprint density at radius 1 is 1.21 bits per heavy atom. The van der Waals surface area contributed by atoms with Crippen molar-refractivity contribution in [2.24, 2.45) is 11.7 Å². The molecule has 0 bridgehead atoms. The molecule has 0 saturated carbocycles. The van der Waals surface area contributed by atoms with Gasteiger partial charge in [-0.1, -0.05) is 6.42 Å². The van der Waals surface area contributed by atoms with Crippen LogP contribution >= 0.6 is 0 Å². The van der Waals surface area contributed by atoms with E-state index in [1.165, 1.54) is 0 Å². The molecule has 0 unspecified atom stereocenters. The van der Waals surface area contributed by atoms with Gasteiger partial charge in [0, 0.05) is 18.5 Å². The number of hydrogen-bond donors (Lipinski definition) is 3. The van der Waals surface area contributed by atoms with E-state index >= 15 is 0 Å². The molecule has 2 fully saturated rings. The Morgan fingerprint density at radius 2 is 1.75 bits per heavy atom. The smallest absolute Gasteiger partial charge is 0.457 e. The normalized spacial score (nSPS) is 31.5. The SMILES string of the molecule is CC1(C)OB(CCC[C@H]2[C@@H](C(=O)O)N(C(=O)O)C[C@@H]2N)OC1(C)C. The lowest BCUT2D eigenvalue weighted by Crippen LogP contribution is -2.42. The standard InChI is InChI=1S/C15H27BN2O6/c1-14(2)15(3,4)24-16(23-14)7-5-6-9-10(17)8-18(13(21)22)11(9)12(19)20/h9-11H,5-8,17H2,1-4H3,(H,19,20)(H,21,22)/t9-,10+,11+/m1/s1. The van der Waals surface area contributed by atoms with Gasteiger partial charge in [-0.15, -0.1) is 0 Å². The maximum atomic E-state index is 11.5. The summed E-state index contributed by atoms with van der Waals surface area (Å²) in [6, 6.07) is -1.56. The fourth-order valence-electron chi connectivity index (χ4n) is 3.43. The molecule has 0 aliphatic carbocycles. The predicted molar refractivity (Wildman–Crippen MR) is 87.7 cm³/mol. The van der Waals surface area contributed by atoms with Crippen LogP contribution in [0.4, 0.5) is 4.79 Å². The van der Waals surface area contributed by atoms with E-state index in [-0.39, 0.29) is 13.7 Å². The minimum Gasteiger partial charge on any atom is -0.480 e. The molecular weight excluding hydrogens is 315 g/mol. The van der Waals surface area contributed by atoms with Crippen LogP contribution in [0.1, 0.15) is 40.5 Å². The summed E-state index contributed by atoms with van der Waals surface area (Å²) >= 11 is 0. The number of hydrogen-bond acceptors (Lipinski definition) is 5. The van der Waals surface area contributed by atoms with Crippen LogP contribution in [0.2, 0.25) is 6.32 Å². The molecule has 2 saturated heterocycles. The Bertz CT molecular complexity index is 496. The largest absolute Gasteiger partial charge is 0.480 e. The van der Waals surface area contributed by atoms with Gasteiger partial charge in [0.2, 0.25) is 0 Å². The average molecular weight is 342 g/mol. The lowest BCUT2D eigenvalue weighted by Gasteiger charge is -2.32. The maximum Gasteiger partial charge on any atom is 0.457 e. The number of carboxylic acids is 1. The van der Waals surface area contributed by atoms with Gasteiger partial charge in [0.1, 0.15) is 6.04 Å². The van der Waals surface area contributed by atoms with Crippen LogP contribution in [-0.4, -0.2) is 64.1 Å². The molecule has 0 aromatic heterocycles. The minimum absolute atomic E-state index is 0.0491. The molecule has 3 atom stereocenters. The van der Waals surface area contributed by atoms with E-state index in [0.717, 1.165) is 4.90 Å². The molecule has 9 heteroatoms. The Labute approximate surface area is 142 Å². The van der Waals surface area contributed by atoms with Crippen molar-refractivity contribution >= 4 is 19.2 Å². The number of carbonyl (C=O) groups is 2. The number of nitrogens with two attached hydrogens (primary N) is 1. The molecule has 1 amide bonds. The molecule has 136 valence electrons. The van der Waals surface area contributed by atoms with E-state index in [2.05, 4.69) is 0 Å². The predicted octanol–water partition coefficient (Wildman–Crippen LogP) is 1.25. The first-order chi connectivity index (χ1) is 11.0. The third kappa shape index (κ3) is 3.53. The van der Waals surface area contributed by atoms with Gasteiger partial charge in [0.25, 0.3) is 0 Å². The van der Waals surface area contributed by atoms with Crippen LogP contribution in [0.3, 0.4) is 0 Å². The lowest BCUT2D eigenvalue weighted by atomic mass is 9.79. The molecule has 24 heavy (non-hydrogen) atoms. The fraction of sp³-hybridized carbons (Fsp3) is 0.867. The van der Waals surface area contributed by atoms with Gasteiger partial charge in [-0.25, -0.2) is 9.59 Å². The topological polar surface area (TPSA) is 122 Å². The van der Waals surface area contributed by atoms with Crippen LogP contribution in [-0.2, 0) is 14.1 Å². The summed E-state index contributed by atoms with van der Waals surface area (Å²) in [5, 5.41) is 18.5. The van der Waals surface area contributed by atoms with Gasteiger partial charge in [0.05, 0.1) is 11.2 Å². The highest BCUT2D eigenvalue weighted by Crippen LogP contribution is 2.38. The van der Waals surface area contributed by atoms with Gasteiger partial charge in [-0.05, 0) is 40.4 Å². The lowest BCUT2D eigenvalue weighted by molar-refractivity contribution is -0.143. The first kappa shape index (κ1) is 19.0. The van der Waals surface area contributed by atoms with E-state index in [4.69, 9.17) is 20.1 Å². The van der Waals surface area contributed by atoms with Gasteiger partial charge >= 0.3 is 19.2 Å². The maximum absolute atomic E-state index is 11.5. The summed E-state index contributed by atoms with van der Waals surface area (Å²) in [5.41, 5.74) is 5.19. The van der Waals surface area contributed by atoms with Crippen molar-refractivity contribution in [3.63, 3.8) is 0 Å². The zero-order valence-corrected chi connectivity index (χ0v) is 14.7. The quantitative estimate of drug-likeness (QED) is 0.643. The van der Waals surface area contributed by atoms with E-state index in [1.807, 2.05) is 27.7 Å². The van der Waals surface area contributed by atoms with Gasteiger partial charge < -0.3 is 25.3 Å². The van der Waals surface area contributed by atoms with Crippen molar-refractivity contribution in [1.29, 1.82) is 0 Å². The van der Waals surface area contributed by atoms with Crippen molar-refractivity contribution in [2.75, 3.05) is 6.54 Å². The second kappa shape index (κ2) is 6.53. The van der Waals surface area contributed by atoms with Crippen LogP contribution in [0.5, 0.6) is 0 Å². The van der Waals surface area contributed by atoms with Gasteiger partial charge in [0.15, 0.2) is 0 Å². The Hall–Kier alpha value is -1.32. The molecule has 4 N–H and O–H groups in total. The molecule has 2 aliphatic rings. The average Bonchev–Trinajstić information content (AvgIpc) is 2.84. The Morgan fingerprint density at radius 3 is 2.21 bits per heavy atom.